The Balaban J connectivity index is 2.23. The molecule has 1 heterocycles. The fourth-order valence-corrected chi connectivity index (χ4v) is 2.25. The van der Waals surface area contributed by atoms with E-state index in [1.165, 1.54) is 18.5 Å². The van der Waals surface area contributed by atoms with Crippen LogP contribution in [0.2, 0.25) is 0 Å². The van der Waals surface area contributed by atoms with E-state index in [1.54, 1.807) is 0 Å². The average molecular weight is 182 g/mol. The molecular formula is C9H14N2S. The molecule has 3 heteroatoms. The molecule has 66 valence electrons. The van der Waals surface area contributed by atoms with E-state index in [2.05, 4.69) is 22.7 Å². The normalized spacial score (nSPS) is 28.5. The molecule has 1 N–H and O–H groups in total. The van der Waals surface area contributed by atoms with Crippen molar-refractivity contribution in [2.24, 2.45) is 5.92 Å². The number of nitrogens with one attached hydrogen (secondary N) is 1. The third kappa shape index (κ3) is 1.22. The van der Waals surface area contributed by atoms with Crippen molar-refractivity contribution in [1.29, 1.82) is 0 Å². The molecule has 0 atom stereocenters. The minimum Gasteiger partial charge on any atom is -0.335 e. The van der Waals surface area contributed by atoms with Crippen LogP contribution in [-0.2, 0) is 0 Å². The SMILES string of the molecule is Cc1cn(C2CC(C)C2)c(=S)[nH]1. The van der Waals surface area contributed by atoms with E-state index in [1.807, 2.05) is 6.92 Å². The quantitative estimate of drug-likeness (QED) is 0.662. The Morgan fingerprint density at radius 1 is 1.58 bits per heavy atom. The van der Waals surface area contributed by atoms with E-state index in [0.29, 0.717) is 6.04 Å². The number of aromatic amines is 1. The lowest BCUT2D eigenvalue weighted by atomic mass is 9.82. The summed E-state index contributed by atoms with van der Waals surface area (Å²) in [5.74, 6) is 0.882. The molecule has 1 aliphatic carbocycles. The van der Waals surface area contributed by atoms with E-state index in [0.717, 1.165) is 10.7 Å². The Hall–Kier alpha value is -0.570. The van der Waals surface area contributed by atoms with Crippen molar-refractivity contribution in [3.05, 3.63) is 16.7 Å². The third-order valence-electron chi connectivity index (χ3n) is 2.61. The van der Waals surface area contributed by atoms with Gasteiger partial charge in [-0.25, -0.2) is 0 Å². The number of aryl methyl sites for hydroxylation is 1. The molecular weight excluding hydrogens is 168 g/mol. The number of H-pyrrole nitrogens is 1. The van der Waals surface area contributed by atoms with Gasteiger partial charge in [0.05, 0.1) is 0 Å². The topological polar surface area (TPSA) is 20.7 Å². The molecule has 1 aromatic rings. The maximum absolute atomic E-state index is 5.20. The van der Waals surface area contributed by atoms with Gasteiger partial charge < -0.3 is 9.55 Å². The molecule has 0 bridgehead atoms. The zero-order valence-electron chi connectivity index (χ0n) is 7.50. The second kappa shape index (κ2) is 2.73. The van der Waals surface area contributed by atoms with Gasteiger partial charge in [-0.05, 0) is 37.9 Å². The summed E-state index contributed by atoms with van der Waals surface area (Å²) in [5, 5.41) is 0. The van der Waals surface area contributed by atoms with Crippen molar-refractivity contribution < 1.29 is 0 Å². The second-order valence-corrected chi connectivity index (χ2v) is 4.27. The average Bonchev–Trinajstić information content (AvgIpc) is 2.23. The highest BCUT2D eigenvalue weighted by atomic mass is 32.1. The Kier molecular flexibility index (Phi) is 1.83. The van der Waals surface area contributed by atoms with E-state index in [4.69, 9.17) is 12.2 Å². The van der Waals surface area contributed by atoms with Gasteiger partial charge in [0.15, 0.2) is 4.77 Å². The lowest BCUT2D eigenvalue weighted by Crippen LogP contribution is -2.24. The van der Waals surface area contributed by atoms with Crippen LogP contribution in [-0.4, -0.2) is 9.55 Å². The van der Waals surface area contributed by atoms with E-state index in [-0.39, 0.29) is 0 Å². The molecule has 1 saturated carbocycles. The zero-order valence-corrected chi connectivity index (χ0v) is 8.32. The van der Waals surface area contributed by atoms with Gasteiger partial charge in [-0.3, -0.25) is 0 Å². The number of imidazole rings is 1. The number of aromatic nitrogens is 2. The minimum atomic E-state index is 0.664. The summed E-state index contributed by atoms with van der Waals surface area (Å²) in [4.78, 5) is 3.15. The van der Waals surface area contributed by atoms with Crippen LogP contribution in [0, 0.1) is 17.6 Å². The first-order valence-electron chi connectivity index (χ1n) is 4.44. The van der Waals surface area contributed by atoms with Crippen molar-refractivity contribution in [1.82, 2.24) is 9.55 Å². The Bertz CT molecular complexity index is 331. The molecule has 1 aromatic heterocycles. The van der Waals surface area contributed by atoms with Crippen LogP contribution in [0.4, 0.5) is 0 Å². The van der Waals surface area contributed by atoms with Crippen LogP contribution in [0.15, 0.2) is 6.20 Å². The first kappa shape index (κ1) is 8.05. The standard InChI is InChI=1S/C9H14N2S/c1-6-3-8(4-6)11-5-7(2)10-9(11)12/h5-6,8H,3-4H2,1-2H3,(H,10,12). The Morgan fingerprint density at radius 2 is 2.25 bits per heavy atom. The lowest BCUT2D eigenvalue weighted by molar-refractivity contribution is 0.214. The van der Waals surface area contributed by atoms with Gasteiger partial charge in [-0.15, -0.1) is 0 Å². The third-order valence-corrected chi connectivity index (χ3v) is 2.93. The highest BCUT2D eigenvalue weighted by Crippen LogP contribution is 2.37. The predicted molar refractivity (Wildman–Crippen MR) is 51.8 cm³/mol. The van der Waals surface area contributed by atoms with E-state index >= 15 is 0 Å². The minimum absolute atomic E-state index is 0.664. The summed E-state index contributed by atoms with van der Waals surface area (Å²) >= 11 is 5.20. The summed E-state index contributed by atoms with van der Waals surface area (Å²) in [6.07, 6.45) is 4.69. The van der Waals surface area contributed by atoms with Crippen LogP contribution in [0.5, 0.6) is 0 Å². The maximum atomic E-state index is 5.20. The Labute approximate surface area is 77.6 Å². The maximum Gasteiger partial charge on any atom is 0.177 e. The first-order chi connectivity index (χ1) is 5.66. The molecule has 0 spiro atoms. The van der Waals surface area contributed by atoms with E-state index in [9.17, 15) is 0 Å². The monoisotopic (exact) mass is 182 g/mol. The van der Waals surface area contributed by atoms with Gasteiger partial charge >= 0.3 is 0 Å². The highest BCUT2D eigenvalue weighted by molar-refractivity contribution is 7.71. The first-order valence-corrected chi connectivity index (χ1v) is 4.85. The molecule has 0 aliphatic heterocycles. The summed E-state index contributed by atoms with van der Waals surface area (Å²) in [6, 6.07) is 0.664. The van der Waals surface area contributed by atoms with Crippen molar-refractivity contribution in [3.8, 4) is 0 Å². The van der Waals surface area contributed by atoms with Crippen molar-refractivity contribution in [2.75, 3.05) is 0 Å². The molecule has 0 amide bonds. The summed E-state index contributed by atoms with van der Waals surface area (Å²) in [6.45, 7) is 4.34. The molecule has 0 saturated heterocycles. The molecule has 0 radical (unpaired) electrons. The molecule has 2 nitrogen and oxygen atoms in total. The Morgan fingerprint density at radius 3 is 2.67 bits per heavy atom. The van der Waals surface area contributed by atoms with Crippen LogP contribution >= 0.6 is 12.2 Å². The smallest absolute Gasteiger partial charge is 0.177 e. The molecule has 1 fully saturated rings. The summed E-state index contributed by atoms with van der Waals surface area (Å²) in [7, 11) is 0. The van der Waals surface area contributed by atoms with Gasteiger partial charge in [0.2, 0.25) is 0 Å². The van der Waals surface area contributed by atoms with Gasteiger partial charge in [0.1, 0.15) is 0 Å². The predicted octanol–water partition coefficient (Wildman–Crippen LogP) is 2.83. The molecule has 2 rings (SSSR count). The number of nitrogens with zero attached hydrogens (tertiary/aromatic N) is 1. The number of rotatable bonds is 1. The van der Waals surface area contributed by atoms with Crippen LogP contribution in [0.3, 0.4) is 0 Å². The lowest BCUT2D eigenvalue weighted by Gasteiger charge is -2.33. The molecule has 1 aliphatic rings. The molecule has 0 unspecified atom stereocenters. The van der Waals surface area contributed by atoms with Crippen molar-refractivity contribution >= 4 is 12.2 Å². The van der Waals surface area contributed by atoms with Crippen molar-refractivity contribution in [3.63, 3.8) is 0 Å². The fraction of sp³-hybridized carbons (Fsp3) is 0.667. The van der Waals surface area contributed by atoms with Crippen LogP contribution < -0.4 is 0 Å². The summed E-state index contributed by atoms with van der Waals surface area (Å²) < 4.78 is 3.08. The van der Waals surface area contributed by atoms with Gasteiger partial charge in [0, 0.05) is 17.9 Å². The highest BCUT2D eigenvalue weighted by Gasteiger charge is 2.26. The summed E-state index contributed by atoms with van der Waals surface area (Å²) in [5.41, 5.74) is 1.17. The van der Waals surface area contributed by atoms with Crippen LogP contribution in [0.25, 0.3) is 0 Å². The zero-order chi connectivity index (χ0) is 8.72. The van der Waals surface area contributed by atoms with Crippen LogP contribution in [0.1, 0.15) is 31.5 Å². The van der Waals surface area contributed by atoms with Gasteiger partial charge in [-0.1, -0.05) is 6.92 Å². The molecule has 12 heavy (non-hydrogen) atoms. The number of hydrogen-bond donors (Lipinski definition) is 1. The van der Waals surface area contributed by atoms with Crippen molar-refractivity contribution in [2.45, 2.75) is 32.7 Å². The van der Waals surface area contributed by atoms with Gasteiger partial charge in [0.25, 0.3) is 0 Å². The second-order valence-electron chi connectivity index (χ2n) is 3.88. The largest absolute Gasteiger partial charge is 0.335 e. The van der Waals surface area contributed by atoms with E-state index < -0.39 is 0 Å². The fourth-order valence-electron chi connectivity index (χ4n) is 1.89. The number of hydrogen-bond acceptors (Lipinski definition) is 1. The molecule has 0 aromatic carbocycles. The van der Waals surface area contributed by atoms with Gasteiger partial charge in [-0.2, -0.15) is 0 Å².